The number of rotatable bonds is 7. The van der Waals surface area contributed by atoms with Gasteiger partial charge in [-0.25, -0.2) is 0 Å². The van der Waals surface area contributed by atoms with Crippen molar-refractivity contribution in [3.63, 3.8) is 0 Å². The van der Waals surface area contributed by atoms with Crippen LogP contribution in [0.1, 0.15) is 33.3 Å². The van der Waals surface area contributed by atoms with E-state index in [4.69, 9.17) is 23.7 Å². The lowest BCUT2D eigenvalue weighted by atomic mass is 9.97. The highest BCUT2D eigenvalue weighted by Crippen LogP contribution is 2.30. The van der Waals surface area contributed by atoms with Gasteiger partial charge in [0, 0.05) is 33.4 Å². The summed E-state index contributed by atoms with van der Waals surface area (Å²) >= 11 is 0. The lowest BCUT2D eigenvalue weighted by Gasteiger charge is -2.44. The molecule has 0 radical (unpaired) electrons. The highest BCUT2D eigenvalue weighted by atomic mass is 16.7. The van der Waals surface area contributed by atoms with Crippen molar-refractivity contribution in [2.24, 2.45) is 0 Å². The van der Waals surface area contributed by atoms with Crippen LogP contribution < -0.4 is 5.32 Å². The summed E-state index contributed by atoms with van der Waals surface area (Å²) in [4.78, 5) is 46.7. The molecular weight excluding hydrogens is 410 g/mol. The molecule has 1 heterocycles. The van der Waals surface area contributed by atoms with Gasteiger partial charge in [0.1, 0.15) is 12.7 Å². The first-order valence-electron chi connectivity index (χ1n) is 9.70. The maximum absolute atomic E-state index is 11.8. The summed E-state index contributed by atoms with van der Waals surface area (Å²) in [7, 11) is 0. The highest BCUT2D eigenvalue weighted by Gasteiger charge is 2.52. The minimum Gasteiger partial charge on any atom is -0.463 e. The van der Waals surface area contributed by atoms with E-state index in [9.17, 15) is 19.2 Å². The zero-order valence-electron chi connectivity index (χ0n) is 18.1. The molecule has 2 rings (SSSR count). The topological polar surface area (TPSA) is 126 Å². The smallest absolute Gasteiger partial charge is 0.303 e. The van der Waals surface area contributed by atoms with Gasteiger partial charge in [-0.05, 0) is 24.6 Å². The second-order valence-electron chi connectivity index (χ2n) is 7.13. The molecule has 0 spiro atoms. The zero-order chi connectivity index (χ0) is 23.1. The number of hydrogen-bond donors (Lipinski definition) is 1. The molecule has 1 aromatic carbocycles. The monoisotopic (exact) mass is 437 g/mol. The van der Waals surface area contributed by atoms with E-state index in [0.717, 1.165) is 5.56 Å². The van der Waals surface area contributed by atoms with E-state index in [1.807, 2.05) is 25.1 Å². The molecule has 1 N–H and O–H groups in total. The Bertz CT molecular complexity index is 825. The molecule has 0 amide bonds. The third-order valence-electron chi connectivity index (χ3n) is 4.32. The maximum Gasteiger partial charge on any atom is 0.303 e. The number of ether oxygens (including phenoxy) is 5. The Kier molecular flexibility index (Phi) is 8.38. The summed E-state index contributed by atoms with van der Waals surface area (Å²) < 4.78 is 27.2. The van der Waals surface area contributed by atoms with Gasteiger partial charge in [0.05, 0.1) is 0 Å². The van der Waals surface area contributed by atoms with Crippen molar-refractivity contribution in [1.82, 2.24) is 0 Å². The number of aryl methyl sites for hydroxylation is 1. The molecule has 0 aromatic heterocycles. The highest BCUT2D eigenvalue weighted by molar-refractivity contribution is 5.69. The molecule has 0 unspecified atom stereocenters. The number of benzene rings is 1. The molecule has 1 aliphatic rings. The van der Waals surface area contributed by atoms with Crippen molar-refractivity contribution in [2.45, 2.75) is 65.3 Å². The van der Waals surface area contributed by atoms with Gasteiger partial charge in [0.15, 0.2) is 24.5 Å². The first kappa shape index (κ1) is 24.1. The average Bonchev–Trinajstić information content (AvgIpc) is 2.64. The van der Waals surface area contributed by atoms with Crippen LogP contribution in [0.4, 0.5) is 5.69 Å². The van der Waals surface area contributed by atoms with E-state index in [1.165, 1.54) is 27.7 Å². The van der Waals surface area contributed by atoms with Crippen LogP contribution in [0.25, 0.3) is 0 Å². The van der Waals surface area contributed by atoms with E-state index in [0.29, 0.717) is 5.69 Å². The predicted molar refractivity (Wildman–Crippen MR) is 107 cm³/mol. The summed E-state index contributed by atoms with van der Waals surface area (Å²) in [5, 5.41) is 3.10. The Balaban J connectivity index is 2.44. The Hall–Kier alpha value is -3.14. The molecule has 10 heteroatoms. The standard InChI is InChI=1S/C21H27NO9/c1-11-7-6-8-16(9-11)22-21-20(30-15(5)26)19(29-14(4)25)18(28-13(3)24)17(31-21)10-27-12(2)23/h6-9,17-22H,10H2,1-5H3/t17-,18-,19-,20+,21-/m0/s1. The third-order valence-corrected chi connectivity index (χ3v) is 4.32. The third kappa shape index (κ3) is 7.25. The molecule has 0 bridgehead atoms. The molecule has 1 aliphatic heterocycles. The normalized spacial score (nSPS) is 25.1. The fraction of sp³-hybridized carbons (Fsp3) is 0.524. The van der Waals surface area contributed by atoms with Crippen LogP contribution in [0.2, 0.25) is 0 Å². The number of anilines is 1. The van der Waals surface area contributed by atoms with E-state index in [-0.39, 0.29) is 6.61 Å². The lowest BCUT2D eigenvalue weighted by Crippen LogP contribution is -2.64. The summed E-state index contributed by atoms with van der Waals surface area (Å²) in [5.74, 6) is -2.58. The van der Waals surface area contributed by atoms with E-state index < -0.39 is 54.5 Å². The van der Waals surface area contributed by atoms with E-state index in [1.54, 1.807) is 6.07 Å². The number of nitrogens with one attached hydrogen (secondary N) is 1. The van der Waals surface area contributed by atoms with Gasteiger partial charge in [-0.1, -0.05) is 12.1 Å². The van der Waals surface area contributed by atoms with Crippen LogP contribution in [0.5, 0.6) is 0 Å². The Morgan fingerprint density at radius 2 is 1.45 bits per heavy atom. The predicted octanol–water partition coefficient (Wildman–Crippen LogP) is 1.49. The fourth-order valence-corrected chi connectivity index (χ4v) is 3.24. The molecule has 1 saturated heterocycles. The van der Waals surface area contributed by atoms with Crippen molar-refractivity contribution in [1.29, 1.82) is 0 Å². The minimum atomic E-state index is -1.21. The molecule has 31 heavy (non-hydrogen) atoms. The molecule has 1 aromatic rings. The van der Waals surface area contributed by atoms with Crippen molar-refractivity contribution in [2.75, 3.05) is 11.9 Å². The van der Waals surface area contributed by atoms with Crippen LogP contribution in [0.15, 0.2) is 24.3 Å². The second kappa shape index (κ2) is 10.8. The summed E-state index contributed by atoms with van der Waals surface area (Å²) in [5.41, 5.74) is 1.62. The van der Waals surface area contributed by atoms with Gasteiger partial charge >= 0.3 is 23.9 Å². The Labute approximate surface area is 180 Å². The first-order valence-corrected chi connectivity index (χ1v) is 9.70. The molecular formula is C21H27NO9. The lowest BCUT2D eigenvalue weighted by molar-refractivity contribution is -0.247. The quantitative estimate of drug-likeness (QED) is 0.495. The number of carbonyl (C=O) groups is 4. The molecule has 170 valence electrons. The van der Waals surface area contributed by atoms with E-state index in [2.05, 4.69) is 5.32 Å². The summed E-state index contributed by atoms with van der Waals surface area (Å²) in [6.45, 7) is 6.39. The molecule has 5 atom stereocenters. The minimum absolute atomic E-state index is 0.274. The SMILES string of the molecule is CC(=O)OC[C@@H]1O[C@H](Nc2cccc(C)c2)[C@H](OC(C)=O)[C@@H](OC(C)=O)[C@H]1OC(C)=O. The van der Waals surface area contributed by atoms with Gasteiger partial charge in [-0.2, -0.15) is 0 Å². The van der Waals surface area contributed by atoms with Crippen LogP contribution in [0.3, 0.4) is 0 Å². The number of carbonyl (C=O) groups excluding carboxylic acids is 4. The average molecular weight is 437 g/mol. The molecule has 0 saturated carbocycles. The zero-order valence-corrected chi connectivity index (χ0v) is 18.1. The second-order valence-corrected chi connectivity index (χ2v) is 7.13. The van der Waals surface area contributed by atoms with Crippen LogP contribution in [-0.2, 0) is 42.9 Å². The van der Waals surface area contributed by atoms with Crippen LogP contribution >= 0.6 is 0 Å². The van der Waals surface area contributed by atoms with Crippen molar-refractivity contribution in [3.05, 3.63) is 29.8 Å². The number of esters is 4. The summed E-state index contributed by atoms with van der Waals surface area (Å²) in [6, 6.07) is 7.34. The van der Waals surface area contributed by atoms with Gasteiger partial charge in [0.25, 0.3) is 0 Å². The molecule has 10 nitrogen and oxygen atoms in total. The Morgan fingerprint density at radius 3 is 2.00 bits per heavy atom. The van der Waals surface area contributed by atoms with Crippen molar-refractivity contribution >= 4 is 29.6 Å². The molecule has 0 aliphatic carbocycles. The van der Waals surface area contributed by atoms with Gasteiger partial charge in [0.2, 0.25) is 0 Å². The van der Waals surface area contributed by atoms with E-state index >= 15 is 0 Å². The maximum atomic E-state index is 11.8. The first-order chi connectivity index (χ1) is 14.6. The van der Waals surface area contributed by atoms with Gasteiger partial charge in [-0.3, -0.25) is 19.2 Å². The number of hydrogen-bond acceptors (Lipinski definition) is 10. The van der Waals surface area contributed by atoms with Crippen molar-refractivity contribution in [3.8, 4) is 0 Å². The fourth-order valence-electron chi connectivity index (χ4n) is 3.24. The largest absolute Gasteiger partial charge is 0.463 e. The van der Waals surface area contributed by atoms with Crippen LogP contribution in [-0.4, -0.2) is 61.1 Å². The van der Waals surface area contributed by atoms with Crippen LogP contribution in [0, 0.1) is 6.92 Å². The molecule has 1 fully saturated rings. The van der Waals surface area contributed by atoms with Gasteiger partial charge in [-0.15, -0.1) is 0 Å². The summed E-state index contributed by atoms with van der Waals surface area (Å²) in [6.07, 6.45) is -5.53. The Morgan fingerprint density at radius 1 is 0.871 bits per heavy atom. The van der Waals surface area contributed by atoms with Crippen molar-refractivity contribution < 1.29 is 42.9 Å². The van der Waals surface area contributed by atoms with Gasteiger partial charge < -0.3 is 29.0 Å².